The smallest absolute Gasteiger partial charge is 0.266 e. The molecule has 0 saturated carbocycles. The van der Waals surface area contributed by atoms with E-state index in [2.05, 4.69) is 65.6 Å². The van der Waals surface area contributed by atoms with E-state index in [1.807, 2.05) is 36.4 Å². The molecule has 2 aliphatic rings. The molecule has 4 aromatic rings. The molecule has 3 heterocycles. The minimum absolute atomic E-state index is 0.0124. The van der Waals surface area contributed by atoms with Crippen LogP contribution in [0.25, 0.3) is 17.0 Å². The molecule has 196 valence electrons. The third kappa shape index (κ3) is 5.92. The number of anilines is 1. The van der Waals surface area contributed by atoms with Gasteiger partial charge in [-0.25, -0.2) is 4.98 Å². The van der Waals surface area contributed by atoms with Crippen LogP contribution >= 0.6 is 24.0 Å². The molecule has 0 radical (unpaired) electrons. The van der Waals surface area contributed by atoms with Gasteiger partial charge in [-0.15, -0.1) is 0 Å². The lowest BCUT2D eigenvalue weighted by molar-refractivity contribution is -0.122. The van der Waals surface area contributed by atoms with Gasteiger partial charge in [0.1, 0.15) is 10.1 Å². The number of thioether (sulfide) groups is 1. The van der Waals surface area contributed by atoms with Gasteiger partial charge in [-0.1, -0.05) is 103 Å². The van der Waals surface area contributed by atoms with Gasteiger partial charge in [-0.2, -0.15) is 0 Å². The Balaban J connectivity index is 1.23. The molecule has 0 atom stereocenters. The van der Waals surface area contributed by atoms with E-state index in [0.29, 0.717) is 21.7 Å². The lowest BCUT2D eigenvalue weighted by Crippen LogP contribution is -2.35. The Hall–Kier alpha value is -3.48. The van der Waals surface area contributed by atoms with Crippen LogP contribution in [-0.4, -0.2) is 39.7 Å². The summed E-state index contributed by atoms with van der Waals surface area (Å²) in [6.45, 7) is 2.51. The van der Waals surface area contributed by atoms with Gasteiger partial charge in [0.2, 0.25) is 0 Å². The van der Waals surface area contributed by atoms with Crippen LogP contribution < -0.4 is 4.90 Å². The number of hydrogen-bond acceptors (Lipinski definition) is 5. The highest BCUT2D eigenvalue weighted by Crippen LogP contribution is 2.36. The topological polar surface area (TPSA) is 36.4 Å². The molecule has 39 heavy (non-hydrogen) atoms. The van der Waals surface area contributed by atoms with Crippen molar-refractivity contribution in [1.29, 1.82) is 0 Å². The molecule has 6 heteroatoms. The van der Waals surface area contributed by atoms with Crippen LogP contribution in [0, 0.1) is 5.92 Å². The number of thiocarbonyl (C=S) groups is 1. The Kier molecular flexibility index (Phi) is 7.75. The van der Waals surface area contributed by atoms with Crippen LogP contribution in [0.3, 0.4) is 0 Å². The Morgan fingerprint density at radius 1 is 0.897 bits per heavy atom. The van der Waals surface area contributed by atoms with Crippen molar-refractivity contribution in [3.63, 3.8) is 0 Å². The third-order valence-corrected chi connectivity index (χ3v) is 9.02. The van der Waals surface area contributed by atoms with Crippen LogP contribution in [0.15, 0.2) is 95.9 Å². The number of benzene rings is 3. The van der Waals surface area contributed by atoms with E-state index in [1.54, 1.807) is 4.90 Å². The average Bonchev–Trinajstić information content (AvgIpc) is 3.24. The summed E-state index contributed by atoms with van der Waals surface area (Å²) in [5, 5.41) is 1.08. The van der Waals surface area contributed by atoms with Crippen LogP contribution in [-0.2, 0) is 17.6 Å². The van der Waals surface area contributed by atoms with Gasteiger partial charge in [-0.3, -0.25) is 9.69 Å². The van der Waals surface area contributed by atoms with Crippen LogP contribution in [0.5, 0.6) is 0 Å². The number of piperidine rings is 1. The first-order valence-electron chi connectivity index (χ1n) is 13.6. The third-order valence-electron chi connectivity index (χ3n) is 7.64. The maximum atomic E-state index is 13.4. The molecule has 0 bridgehead atoms. The second kappa shape index (κ2) is 11.7. The zero-order valence-electron chi connectivity index (χ0n) is 21.8. The van der Waals surface area contributed by atoms with Crippen molar-refractivity contribution in [2.24, 2.45) is 5.92 Å². The molecule has 1 amide bonds. The van der Waals surface area contributed by atoms with Crippen molar-refractivity contribution in [3.05, 3.63) is 113 Å². The van der Waals surface area contributed by atoms with Crippen molar-refractivity contribution < 1.29 is 4.79 Å². The fourth-order valence-electron chi connectivity index (χ4n) is 5.50. The zero-order valence-corrected chi connectivity index (χ0v) is 23.5. The minimum Gasteiger partial charge on any atom is -0.356 e. The largest absolute Gasteiger partial charge is 0.356 e. The molecular weight excluding hydrogens is 519 g/mol. The van der Waals surface area contributed by atoms with Crippen molar-refractivity contribution in [3.8, 4) is 0 Å². The number of hydrogen-bond donors (Lipinski definition) is 0. The molecule has 0 aliphatic carbocycles. The molecule has 2 aliphatic heterocycles. The molecule has 2 fully saturated rings. The standard InChI is InChI=1S/C33H31N3OS2/c37-32-30(39-33(38)36(32)20-17-24-9-3-1-4-10-24)23-28-22-27-13-7-8-14-29(27)34-31(28)35-18-15-26(16-19-35)21-25-11-5-2-6-12-25/h1-14,22-23,26H,15-21H2/b30-23-. The SMILES string of the molecule is O=C1/C(=C/c2cc3ccccc3nc2N2CCC(Cc3ccccc3)CC2)SC(=S)N1CCc1ccccc1. The Morgan fingerprint density at radius 2 is 1.56 bits per heavy atom. The first-order chi connectivity index (χ1) is 19.1. The molecule has 0 spiro atoms. The second-order valence-electron chi connectivity index (χ2n) is 10.3. The average molecular weight is 550 g/mol. The number of fused-ring (bicyclic) bond motifs is 1. The summed E-state index contributed by atoms with van der Waals surface area (Å²) in [5.74, 6) is 1.62. The Bertz CT molecular complexity index is 1510. The summed E-state index contributed by atoms with van der Waals surface area (Å²) < 4.78 is 0.624. The molecule has 1 aromatic heterocycles. The van der Waals surface area contributed by atoms with E-state index in [9.17, 15) is 4.79 Å². The van der Waals surface area contributed by atoms with Crippen LogP contribution in [0.1, 0.15) is 29.5 Å². The molecule has 0 N–H and O–H groups in total. The zero-order chi connectivity index (χ0) is 26.6. The van der Waals surface area contributed by atoms with Crippen molar-refractivity contribution >= 4 is 57.0 Å². The number of pyridine rings is 1. The quantitative estimate of drug-likeness (QED) is 0.181. The predicted octanol–water partition coefficient (Wildman–Crippen LogP) is 7.14. The first-order valence-corrected chi connectivity index (χ1v) is 14.8. The van der Waals surface area contributed by atoms with Gasteiger partial charge in [0.25, 0.3) is 5.91 Å². The fourth-order valence-corrected chi connectivity index (χ4v) is 6.80. The number of para-hydroxylation sites is 1. The van der Waals surface area contributed by atoms with Crippen LogP contribution in [0.4, 0.5) is 5.82 Å². The highest BCUT2D eigenvalue weighted by Gasteiger charge is 2.32. The lowest BCUT2D eigenvalue weighted by atomic mass is 9.90. The summed E-state index contributed by atoms with van der Waals surface area (Å²) >= 11 is 7.03. The van der Waals surface area contributed by atoms with E-state index in [0.717, 1.165) is 61.1 Å². The van der Waals surface area contributed by atoms with E-state index in [-0.39, 0.29) is 5.91 Å². The van der Waals surface area contributed by atoms with E-state index in [4.69, 9.17) is 17.2 Å². The van der Waals surface area contributed by atoms with Crippen molar-refractivity contribution in [2.45, 2.75) is 25.7 Å². The molecular formula is C33H31N3OS2. The number of nitrogens with zero attached hydrogens (tertiary/aromatic N) is 3. The van der Waals surface area contributed by atoms with Crippen molar-refractivity contribution in [2.75, 3.05) is 24.5 Å². The fraction of sp³-hybridized carbons (Fsp3) is 0.242. The summed E-state index contributed by atoms with van der Waals surface area (Å²) in [5.41, 5.74) is 4.58. The van der Waals surface area contributed by atoms with E-state index in [1.165, 1.54) is 22.9 Å². The molecule has 2 saturated heterocycles. The molecule has 4 nitrogen and oxygen atoms in total. The summed E-state index contributed by atoms with van der Waals surface area (Å²) in [6, 6.07) is 31.4. The van der Waals surface area contributed by atoms with Crippen LogP contribution in [0.2, 0.25) is 0 Å². The van der Waals surface area contributed by atoms with E-state index < -0.39 is 0 Å². The first kappa shape index (κ1) is 25.8. The van der Waals surface area contributed by atoms with Gasteiger partial charge in [0, 0.05) is 30.6 Å². The summed E-state index contributed by atoms with van der Waals surface area (Å²) in [4.78, 5) is 23.3. The van der Waals surface area contributed by atoms with Gasteiger partial charge < -0.3 is 4.90 Å². The van der Waals surface area contributed by atoms with Gasteiger partial charge in [0.15, 0.2) is 0 Å². The normalized spacial score (nSPS) is 17.5. The number of aromatic nitrogens is 1. The lowest BCUT2D eigenvalue weighted by Gasteiger charge is -2.34. The van der Waals surface area contributed by atoms with Gasteiger partial charge in [0.05, 0.1) is 10.4 Å². The monoisotopic (exact) mass is 549 g/mol. The number of amides is 1. The number of carbonyl (C=O) groups is 1. The number of rotatable bonds is 7. The second-order valence-corrected chi connectivity index (χ2v) is 12.0. The molecule has 6 rings (SSSR count). The molecule has 3 aromatic carbocycles. The maximum Gasteiger partial charge on any atom is 0.266 e. The van der Waals surface area contributed by atoms with Crippen molar-refractivity contribution in [1.82, 2.24) is 9.88 Å². The minimum atomic E-state index is -0.0124. The predicted molar refractivity (Wildman–Crippen MR) is 167 cm³/mol. The summed E-state index contributed by atoms with van der Waals surface area (Å²) in [6.07, 6.45) is 6.17. The summed E-state index contributed by atoms with van der Waals surface area (Å²) in [7, 11) is 0. The Morgan fingerprint density at radius 3 is 2.31 bits per heavy atom. The maximum absolute atomic E-state index is 13.4. The molecule has 0 unspecified atom stereocenters. The highest BCUT2D eigenvalue weighted by atomic mass is 32.2. The van der Waals surface area contributed by atoms with E-state index >= 15 is 0 Å². The Labute approximate surface area is 239 Å². The van der Waals surface area contributed by atoms with Gasteiger partial charge in [-0.05, 0) is 60.9 Å². The number of carbonyl (C=O) groups excluding carboxylic acids is 1. The highest BCUT2D eigenvalue weighted by molar-refractivity contribution is 8.26. The van der Waals surface area contributed by atoms with Gasteiger partial charge >= 0.3 is 0 Å².